The molecule has 1 heterocycles. The van der Waals surface area contributed by atoms with E-state index in [1.165, 1.54) is 5.56 Å². The predicted molar refractivity (Wildman–Crippen MR) is 88.8 cm³/mol. The van der Waals surface area contributed by atoms with E-state index in [2.05, 4.69) is 21.4 Å². The molecule has 0 aliphatic heterocycles. The van der Waals surface area contributed by atoms with E-state index in [0.29, 0.717) is 13.0 Å². The van der Waals surface area contributed by atoms with Gasteiger partial charge in [-0.1, -0.05) is 6.07 Å². The summed E-state index contributed by atoms with van der Waals surface area (Å²) in [5, 5.41) is 2.97. The van der Waals surface area contributed by atoms with Crippen molar-refractivity contribution in [3.63, 3.8) is 0 Å². The number of hydrogen-bond acceptors (Lipinski definition) is 4. The van der Waals surface area contributed by atoms with E-state index in [9.17, 15) is 4.79 Å². The standard InChI is InChI=1S/C17H24N4O2/c1-10-3-5-13-14(7-10)21-16(20-13)9-19-17(22)11-4-6-15(23-2)12(18)8-11/h3,5,7,11-12,15H,4,6,8-9,18H2,1-2H3,(H,19,22)(H,20,21)/t11-,12+,15+/m0/s1. The third-order valence-electron chi connectivity index (χ3n) is 4.62. The first-order valence-electron chi connectivity index (χ1n) is 8.08. The number of carbonyl (C=O) groups excluding carboxylic acids is 1. The lowest BCUT2D eigenvalue weighted by atomic mass is 9.83. The van der Waals surface area contributed by atoms with Gasteiger partial charge in [-0.15, -0.1) is 0 Å². The molecular weight excluding hydrogens is 292 g/mol. The molecule has 1 saturated carbocycles. The molecule has 2 aromatic rings. The van der Waals surface area contributed by atoms with Crippen molar-refractivity contribution in [3.05, 3.63) is 29.6 Å². The van der Waals surface area contributed by atoms with Crippen molar-refractivity contribution in [2.75, 3.05) is 7.11 Å². The number of benzene rings is 1. The van der Waals surface area contributed by atoms with Crippen LogP contribution in [0.25, 0.3) is 11.0 Å². The Balaban J connectivity index is 1.58. The zero-order chi connectivity index (χ0) is 16.4. The maximum Gasteiger partial charge on any atom is 0.223 e. The van der Waals surface area contributed by atoms with Gasteiger partial charge in [-0.2, -0.15) is 0 Å². The number of amides is 1. The van der Waals surface area contributed by atoms with Crippen LogP contribution in [0.1, 0.15) is 30.7 Å². The Morgan fingerprint density at radius 2 is 2.30 bits per heavy atom. The Morgan fingerprint density at radius 3 is 3.04 bits per heavy atom. The van der Waals surface area contributed by atoms with Crippen molar-refractivity contribution in [3.8, 4) is 0 Å². The van der Waals surface area contributed by atoms with Gasteiger partial charge in [0.15, 0.2) is 0 Å². The minimum atomic E-state index is -0.0707. The van der Waals surface area contributed by atoms with Crippen molar-refractivity contribution in [2.24, 2.45) is 11.7 Å². The number of aryl methyl sites for hydroxylation is 1. The monoisotopic (exact) mass is 316 g/mol. The van der Waals surface area contributed by atoms with Gasteiger partial charge < -0.3 is 20.8 Å². The summed E-state index contributed by atoms with van der Waals surface area (Å²) in [6.07, 6.45) is 2.39. The second-order valence-electron chi connectivity index (χ2n) is 6.37. The van der Waals surface area contributed by atoms with Crippen LogP contribution in [-0.4, -0.2) is 35.1 Å². The molecule has 1 aliphatic rings. The summed E-state index contributed by atoms with van der Waals surface area (Å²) in [5.41, 5.74) is 9.16. The van der Waals surface area contributed by atoms with Crippen molar-refractivity contribution in [1.29, 1.82) is 0 Å². The number of imidazole rings is 1. The first-order valence-corrected chi connectivity index (χ1v) is 8.08. The minimum Gasteiger partial charge on any atom is -0.380 e. The normalized spacial score (nSPS) is 24.7. The van der Waals surface area contributed by atoms with E-state index in [1.54, 1.807) is 7.11 Å². The molecule has 0 radical (unpaired) electrons. The fraction of sp³-hybridized carbons (Fsp3) is 0.529. The molecule has 1 aromatic carbocycles. The van der Waals surface area contributed by atoms with Crippen molar-refractivity contribution >= 4 is 16.9 Å². The largest absolute Gasteiger partial charge is 0.380 e. The van der Waals surface area contributed by atoms with Crippen molar-refractivity contribution in [1.82, 2.24) is 15.3 Å². The maximum atomic E-state index is 12.3. The van der Waals surface area contributed by atoms with Crippen LogP contribution in [0.3, 0.4) is 0 Å². The number of ether oxygens (including phenoxy) is 1. The highest BCUT2D eigenvalue weighted by Crippen LogP contribution is 2.25. The van der Waals surface area contributed by atoms with Crippen LogP contribution in [0, 0.1) is 12.8 Å². The lowest BCUT2D eigenvalue weighted by molar-refractivity contribution is -0.127. The van der Waals surface area contributed by atoms with Gasteiger partial charge in [0.1, 0.15) is 5.82 Å². The van der Waals surface area contributed by atoms with E-state index >= 15 is 0 Å². The van der Waals surface area contributed by atoms with Crippen LogP contribution in [0.15, 0.2) is 18.2 Å². The Labute approximate surface area is 135 Å². The Bertz CT molecular complexity index is 697. The number of nitrogens with zero attached hydrogens (tertiary/aromatic N) is 1. The molecule has 23 heavy (non-hydrogen) atoms. The number of aromatic amines is 1. The number of hydrogen-bond donors (Lipinski definition) is 3. The highest BCUT2D eigenvalue weighted by Gasteiger charge is 2.31. The van der Waals surface area contributed by atoms with E-state index in [-0.39, 0.29) is 24.0 Å². The molecule has 1 aromatic heterocycles. The zero-order valence-electron chi connectivity index (χ0n) is 13.6. The average Bonchev–Trinajstić information content (AvgIpc) is 2.94. The summed E-state index contributed by atoms with van der Waals surface area (Å²) in [4.78, 5) is 20.1. The zero-order valence-corrected chi connectivity index (χ0v) is 13.6. The Morgan fingerprint density at radius 1 is 1.48 bits per heavy atom. The second kappa shape index (κ2) is 6.68. The summed E-state index contributed by atoms with van der Waals surface area (Å²) in [5.74, 6) is 0.781. The molecule has 1 fully saturated rings. The van der Waals surface area contributed by atoms with Gasteiger partial charge >= 0.3 is 0 Å². The summed E-state index contributed by atoms with van der Waals surface area (Å²) in [6.45, 7) is 2.45. The van der Waals surface area contributed by atoms with Gasteiger partial charge in [-0.05, 0) is 43.9 Å². The second-order valence-corrected chi connectivity index (χ2v) is 6.37. The van der Waals surface area contributed by atoms with Gasteiger partial charge in [0.05, 0.1) is 23.7 Å². The van der Waals surface area contributed by atoms with E-state index < -0.39 is 0 Å². The van der Waals surface area contributed by atoms with E-state index in [1.807, 2.05) is 19.1 Å². The lowest BCUT2D eigenvalue weighted by Crippen LogP contribution is -2.45. The number of nitrogens with two attached hydrogens (primary N) is 1. The van der Waals surface area contributed by atoms with Crippen LogP contribution in [0.2, 0.25) is 0 Å². The molecule has 1 amide bonds. The van der Waals surface area contributed by atoms with Gasteiger partial charge in [-0.25, -0.2) is 4.98 Å². The minimum absolute atomic E-state index is 0.0389. The maximum absolute atomic E-state index is 12.3. The van der Waals surface area contributed by atoms with Crippen LogP contribution in [-0.2, 0) is 16.1 Å². The number of fused-ring (bicyclic) bond motifs is 1. The first kappa shape index (κ1) is 16.0. The van der Waals surface area contributed by atoms with Crippen LogP contribution in [0.5, 0.6) is 0 Å². The number of H-pyrrole nitrogens is 1. The van der Waals surface area contributed by atoms with Gasteiger partial charge in [0, 0.05) is 19.1 Å². The predicted octanol–water partition coefficient (Wildman–Crippen LogP) is 1.63. The molecule has 4 N–H and O–H groups in total. The van der Waals surface area contributed by atoms with Gasteiger partial charge in [-0.3, -0.25) is 4.79 Å². The first-order chi connectivity index (χ1) is 11.1. The molecule has 0 spiro atoms. The number of carbonyl (C=O) groups is 1. The molecule has 6 heteroatoms. The van der Waals surface area contributed by atoms with Gasteiger partial charge in [0.2, 0.25) is 5.91 Å². The number of aromatic nitrogens is 2. The highest BCUT2D eigenvalue weighted by atomic mass is 16.5. The number of rotatable bonds is 4. The molecule has 0 bridgehead atoms. The quantitative estimate of drug-likeness (QED) is 0.799. The summed E-state index contributed by atoms with van der Waals surface area (Å²) >= 11 is 0. The topological polar surface area (TPSA) is 93.0 Å². The van der Waals surface area contributed by atoms with Gasteiger partial charge in [0.25, 0.3) is 0 Å². The molecular formula is C17H24N4O2. The van der Waals surface area contributed by atoms with Crippen LogP contribution >= 0.6 is 0 Å². The summed E-state index contributed by atoms with van der Waals surface area (Å²) in [7, 11) is 1.67. The fourth-order valence-corrected chi connectivity index (χ4v) is 3.28. The summed E-state index contributed by atoms with van der Waals surface area (Å²) in [6, 6.07) is 6.00. The highest BCUT2D eigenvalue weighted by molar-refractivity contribution is 5.79. The van der Waals surface area contributed by atoms with Crippen molar-refractivity contribution in [2.45, 2.75) is 44.9 Å². The smallest absolute Gasteiger partial charge is 0.223 e. The molecule has 0 unspecified atom stereocenters. The molecule has 3 atom stereocenters. The fourth-order valence-electron chi connectivity index (χ4n) is 3.28. The average molecular weight is 316 g/mol. The van der Waals surface area contributed by atoms with E-state index in [0.717, 1.165) is 29.7 Å². The molecule has 0 saturated heterocycles. The third-order valence-corrected chi connectivity index (χ3v) is 4.62. The Kier molecular flexibility index (Phi) is 4.63. The lowest BCUT2D eigenvalue weighted by Gasteiger charge is -2.32. The number of methoxy groups -OCH3 is 1. The third kappa shape index (κ3) is 3.54. The molecule has 3 rings (SSSR count). The molecule has 1 aliphatic carbocycles. The molecule has 124 valence electrons. The van der Waals surface area contributed by atoms with Crippen LogP contribution in [0.4, 0.5) is 0 Å². The number of nitrogens with one attached hydrogen (secondary N) is 2. The summed E-state index contributed by atoms with van der Waals surface area (Å²) < 4.78 is 5.33. The van der Waals surface area contributed by atoms with E-state index in [4.69, 9.17) is 10.5 Å². The molecule has 6 nitrogen and oxygen atoms in total. The Hall–Kier alpha value is -1.92. The SMILES string of the molecule is CO[C@@H]1CC[C@H](C(=O)NCc2nc3ccc(C)cc3[nH]2)C[C@H]1N. The van der Waals surface area contributed by atoms with Crippen LogP contribution < -0.4 is 11.1 Å². The van der Waals surface area contributed by atoms with Crippen molar-refractivity contribution < 1.29 is 9.53 Å².